The third-order valence-corrected chi connectivity index (χ3v) is 13.4. The van der Waals surface area contributed by atoms with Crippen LogP contribution in [0.25, 0.3) is 11.1 Å². The van der Waals surface area contributed by atoms with Crippen LogP contribution in [-0.2, 0) is 8.23 Å². The molecule has 0 saturated carbocycles. The highest BCUT2D eigenvalue weighted by molar-refractivity contribution is 6.94. The Morgan fingerprint density at radius 2 is 1.19 bits per heavy atom. The summed E-state index contributed by atoms with van der Waals surface area (Å²) in [6, 6.07) is 15.0. The molecule has 0 spiro atoms. The molecule has 0 aliphatic carbocycles. The van der Waals surface area contributed by atoms with E-state index in [0.717, 1.165) is 5.75 Å². The van der Waals surface area contributed by atoms with E-state index in [1.807, 2.05) is 12.1 Å². The highest BCUT2D eigenvalue weighted by atomic mass is 28.5. The maximum atomic E-state index is 6.74. The number of benzene rings is 2. The Labute approximate surface area is 168 Å². The largest absolute Gasteiger partial charge is 0.497 e. The molecule has 0 heterocycles. The summed E-state index contributed by atoms with van der Waals surface area (Å²) in [5.41, 5.74) is 3.61. The van der Waals surface area contributed by atoms with Crippen molar-refractivity contribution >= 4 is 30.4 Å². The van der Waals surface area contributed by atoms with Gasteiger partial charge in [-0.05, 0) is 81.2 Å². The number of aryl methyl sites for hydroxylation is 1. The van der Waals surface area contributed by atoms with Gasteiger partial charge in [-0.25, -0.2) is 0 Å². The first-order chi connectivity index (χ1) is 12.3. The van der Waals surface area contributed by atoms with Gasteiger partial charge in [0.2, 0.25) is 0 Å². The lowest BCUT2D eigenvalue weighted by atomic mass is 10.0. The van der Waals surface area contributed by atoms with Crippen molar-refractivity contribution in [3.63, 3.8) is 0 Å². The molecule has 0 bridgehead atoms. The van der Waals surface area contributed by atoms with E-state index in [1.165, 1.54) is 21.9 Å². The molecule has 0 N–H and O–H groups in total. The SMILES string of the molecule is COc1ccc(-c2cc(C)cc([Si](C)(O[Si](C)(C)C)O[Si](C)(C)C)c2)cc1. The molecule has 2 rings (SSSR count). The molecule has 2 aromatic rings. The normalized spacial score (nSPS) is 12.9. The summed E-state index contributed by atoms with van der Waals surface area (Å²) in [6.45, 7) is 17.8. The number of rotatable bonds is 7. The summed E-state index contributed by atoms with van der Waals surface area (Å²) in [5, 5.41) is 1.22. The Morgan fingerprint density at radius 1 is 0.667 bits per heavy atom. The third-order valence-electron chi connectivity index (χ3n) is 4.03. The van der Waals surface area contributed by atoms with E-state index in [2.05, 4.69) is 83.1 Å². The molecule has 0 fully saturated rings. The lowest BCUT2D eigenvalue weighted by Gasteiger charge is -2.39. The number of methoxy groups -OCH3 is 1. The second-order valence-electron chi connectivity index (χ2n) is 9.19. The van der Waals surface area contributed by atoms with Crippen LogP contribution in [0.2, 0.25) is 45.8 Å². The molecule has 6 heteroatoms. The average molecular weight is 419 g/mol. The Morgan fingerprint density at radius 3 is 1.63 bits per heavy atom. The molecule has 0 atom stereocenters. The van der Waals surface area contributed by atoms with Crippen LogP contribution in [0.15, 0.2) is 42.5 Å². The minimum absolute atomic E-state index is 0.870. The van der Waals surface area contributed by atoms with Gasteiger partial charge in [-0.2, -0.15) is 0 Å². The molecular formula is C21H34O3Si3. The molecule has 0 amide bonds. The first-order valence-electron chi connectivity index (χ1n) is 9.48. The monoisotopic (exact) mass is 418 g/mol. The van der Waals surface area contributed by atoms with E-state index in [4.69, 9.17) is 13.0 Å². The maximum absolute atomic E-state index is 6.74. The fourth-order valence-electron chi connectivity index (χ4n) is 3.30. The minimum Gasteiger partial charge on any atom is -0.497 e. The van der Waals surface area contributed by atoms with Crippen molar-refractivity contribution in [2.45, 2.75) is 52.8 Å². The summed E-state index contributed by atoms with van der Waals surface area (Å²) in [6.07, 6.45) is 0. The van der Waals surface area contributed by atoms with Gasteiger partial charge in [-0.3, -0.25) is 0 Å². The van der Waals surface area contributed by atoms with Gasteiger partial charge in [-0.1, -0.05) is 35.9 Å². The van der Waals surface area contributed by atoms with Crippen LogP contribution in [0.1, 0.15) is 5.56 Å². The van der Waals surface area contributed by atoms with E-state index in [1.54, 1.807) is 7.11 Å². The first kappa shape index (κ1) is 22.1. The molecule has 0 aromatic heterocycles. The summed E-state index contributed by atoms with van der Waals surface area (Å²) in [4.78, 5) is 0. The molecule has 0 unspecified atom stereocenters. The number of hydrogen-bond donors (Lipinski definition) is 0. The average Bonchev–Trinajstić information content (AvgIpc) is 2.51. The highest BCUT2D eigenvalue weighted by Crippen LogP contribution is 2.26. The van der Waals surface area contributed by atoms with Crippen LogP contribution in [0.5, 0.6) is 5.75 Å². The van der Waals surface area contributed by atoms with Crippen LogP contribution in [0, 0.1) is 6.92 Å². The Balaban J connectivity index is 2.53. The molecule has 2 aromatic carbocycles. The number of hydrogen-bond acceptors (Lipinski definition) is 3. The second kappa shape index (κ2) is 8.05. The van der Waals surface area contributed by atoms with Crippen LogP contribution in [0.4, 0.5) is 0 Å². The van der Waals surface area contributed by atoms with Crippen molar-refractivity contribution < 1.29 is 13.0 Å². The van der Waals surface area contributed by atoms with Gasteiger partial charge in [0.15, 0.2) is 16.6 Å². The van der Waals surface area contributed by atoms with Gasteiger partial charge < -0.3 is 13.0 Å². The van der Waals surface area contributed by atoms with E-state index in [0.29, 0.717) is 0 Å². The van der Waals surface area contributed by atoms with Gasteiger partial charge in [0, 0.05) is 0 Å². The van der Waals surface area contributed by atoms with Crippen molar-refractivity contribution in [3.05, 3.63) is 48.0 Å². The molecule has 148 valence electrons. The zero-order chi connectivity index (χ0) is 20.5. The summed E-state index contributed by atoms with van der Waals surface area (Å²) in [7, 11) is -4.34. The van der Waals surface area contributed by atoms with Gasteiger partial charge in [0.1, 0.15) is 5.75 Å². The smallest absolute Gasteiger partial charge is 0.348 e. The first-order valence-corrected chi connectivity index (χ1v) is 18.6. The van der Waals surface area contributed by atoms with Gasteiger partial charge in [-0.15, -0.1) is 0 Å². The van der Waals surface area contributed by atoms with Crippen LogP contribution >= 0.6 is 0 Å². The lowest BCUT2D eigenvalue weighted by molar-refractivity contribution is 0.404. The fraction of sp³-hybridized carbons (Fsp3) is 0.429. The van der Waals surface area contributed by atoms with Gasteiger partial charge in [0.25, 0.3) is 0 Å². The Kier molecular flexibility index (Phi) is 6.59. The lowest BCUT2D eigenvalue weighted by Crippen LogP contribution is -2.60. The van der Waals surface area contributed by atoms with E-state index < -0.39 is 25.2 Å². The van der Waals surface area contributed by atoms with Crippen LogP contribution < -0.4 is 9.92 Å². The van der Waals surface area contributed by atoms with Crippen molar-refractivity contribution in [3.8, 4) is 16.9 Å². The molecule has 0 saturated heterocycles. The number of ether oxygens (including phenoxy) is 1. The molecule has 0 aliphatic rings. The molecule has 3 nitrogen and oxygen atoms in total. The summed E-state index contributed by atoms with van der Waals surface area (Å²) < 4.78 is 18.8. The minimum atomic E-state index is -2.51. The van der Waals surface area contributed by atoms with Crippen LogP contribution in [0.3, 0.4) is 0 Å². The molecular weight excluding hydrogens is 384 g/mol. The second-order valence-corrected chi connectivity index (χ2v) is 21.7. The quantitative estimate of drug-likeness (QED) is 0.544. The summed E-state index contributed by atoms with van der Waals surface area (Å²) >= 11 is 0. The third kappa shape index (κ3) is 6.43. The summed E-state index contributed by atoms with van der Waals surface area (Å²) in [5.74, 6) is 0.870. The standard InChI is InChI=1S/C21H34O3Si3/c1-17-14-19(18-10-12-20(22-2)13-11-18)16-21(15-17)27(9,23-25(3,4)5)24-26(6,7)8/h10-16H,1-9H3. The van der Waals surface area contributed by atoms with E-state index >= 15 is 0 Å². The topological polar surface area (TPSA) is 27.7 Å². The molecule has 27 heavy (non-hydrogen) atoms. The molecule has 0 aliphatic heterocycles. The maximum Gasteiger partial charge on any atom is 0.348 e. The van der Waals surface area contributed by atoms with Crippen molar-refractivity contribution in [1.82, 2.24) is 0 Å². The van der Waals surface area contributed by atoms with E-state index in [-0.39, 0.29) is 0 Å². The zero-order valence-corrected chi connectivity index (χ0v) is 21.3. The van der Waals surface area contributed by atoms with Gasteiger partial charge >= 0.3 is 8.56 Å². The fourth-order valence-corrected chi connectivity index (χ4v) is 15.0. The van der Waals surface area contributed by atoms with Crippen molar-refractivity contribution in [1.29, 1.82) is 0 Å². The Bertz CT molecular complexity index is 759. The van der Waals surface area contributed by atoms with E-state index in [9.17, 15) is 0 Å². The van der Waals surface area contributed by atoms with Crippen molar-refractivity contribution in [2.24, 2.45) is 0 Å². The van der Waals surface area contributed by atoms with Crippen LogP contribution in [-0.4, -0.2) is 32.3 Å². The van der Waals surface area contributed by atoms with Crippen molar-refractivity contribution in [2.75, 3.05) is 7.11 Å². The predicted octanol–water partition coefficient (Wildman–Crippen LogP) is 5.65. The predicted molar refractivity (Wildman–Crippen MR) is 123 cm³/mol. The zero-order valence-electron chi connectivity index (χ0n) is 18.3. The Hall–Kier alpha value is -1.19. The van der Waals surface area contributed by atoms with Gasteiger partial charge in [0.05, 0.1) is 7.11 Å². The molecule has 0 radical (unpaired) electrons. The highest BCUT2D eigenvalue weighted by Gasteiger charge is 2.42.